The second-order valence-corrected chi connectivity index (χ2v) is 7.73. The van der Waals surface area contributed by atoms with Crippen LogP contribution in [0.15, 0.2) is 66.1 Å². The molecule has 0 saturated carbocycles. The third-order valence-electron chi connectivity index (χ3n) is 3.83. The van der Waals surface area contributed by atoms with Gasteiger partial charge in [-0.25, -0.2) is 8.42 Å². The highest BCUT2D eigenvalue weighted by molar-refractivity contribution is 7.92. The van der Waals surface area contributed by atoms with Gasteiger partial charge in [-0.3, -0.25) is 4.79 Å². The third-order valence-corrected chi connectivity index (χ3v) is 6.23. The number of benzene rings is 2. The van der Waals surface area contributed by atoms with E-state index in [-0.39, 0.29) is 10.6 Å². The van der Waals surface area contributed by atoms with E-state index in [0.717, 1.165) is 0 Å². The van der Waals surface area contributed by atoms with Crippen LogP contribution in [0, 0.1) is 0 Å². The predicted molar refractivity (Wildman–Crippen MR) is 95.3 cm³/mol. The van der Waals surface area contributed by atoms with Crippen molar-refractivity contribution in [1.29, 1.82) is 0 Å². The fourth-order valence-corrected chi connectivity index (χ4v) is 4.79. The number of aromatic amines is 1. The van der Waals surface area contributed by atoms with Crippen LogP contribution in [0.2, 0.25) is 5.02 Å². The fraction of sp³-hybridized carbons (Fsp3) is 0.0556. The molecule has 1 N–H and O–H groups in total. The molecule has 1 heterocycles. The number of hydrogen-bond acceptors (Lipinski definition) is 3. The van der Waals surface area contributed by atoms with E-state index in [4.69, 9.17) is 11.6 Å². The second-order valence-electron chi connectivity index (χ2n) is 5.28. The number of aldehydes is 1. The monoisotopic (exact) mass is 359 g/mol. The van der Waals surface area contributed by atoms with Gasteiger partial charge in [-0.2, -0.15) is 0 Å². The summed E-state index contributed by atoms with van der Waals surface area (Å²) >= 11 is 5.87. The number of sulfone groups is 1. The highest BCUT2D eigenvalue weighted by Gasteiger charge is 2.31. The molecule has 0 bridgehead atoms. The molecule has 0 radical (unpaired) electrons. The smallest absolute Gasteiger partial charge is 0.191 e. The molecule has 3 aromatic rings. The topological polar surface area (TPSA) is 67.0 Å². The molecular formula is C18H14ClNO3S. The van der Waals surface area contributed by atoms with Gasteiger partial charge in [0.25, 0.3) is 0 Å². The van der Waals surface area contributed by atoms with Crippen LogP contribution in [0.4, 0.5) is 0 Å². The molecular weight excluding hydrogens is 346 g/mol. The maximum atomic E-state index is 13.2. The van der Waals surface area contributed by atoms with E-state index >= 15 is 0 Å². The average Bonchev–Trinajstić information content (AvgIpc) is 2.96. The van der Waals surface area contributed by atoms with Gasteiger partial charge in [-0.05, 0) is 23.8 Å². The minimum atomic E-state index is -3.87. The Kier molecular flexibility index (Phi) is 4.30. The Labute approximate surface area is 144 Å². The van der Waals surface area contributed by atoms with Gasteiger partial charge in [0.1, 0.15) is 10.1 Å². The number of carbonyl (C=O) groups excluding carboxylic acids is 1. The van der Waals surface area contributed by atoms with Gasteiger partial charge in [0.2, 0.25) is 0 Å². The number of hydrogen-bond donors (Lipinski definition) is 1. The molecule has 1 aromatic heterocycles. The van der Waals surface area contributed by atoms with E-state index in [9.17, 15) is 13.2 Å². The summed E-state index contributed by atoms with van der Waals surface area (Å²) in [5.41, 5.74) is 1.17. The number of fused-ring (bicyclic) bond motifs is 1. The van der Waals surface area contributed by atoms with E-state index in [1.807, 2.05) is 0 Å². The summed E-state index contributed by atoms with van der Waals surface area (Å²) in [7, 11) is -3.87. The Balaban J connectivity index is 2.25. The first-order valence-corrected chi connectivity index (χ1v) is 9.09. The molecule has 1 atom stereocenters. The lowest BCUT2D eigenvalue weighted by molar-refractivity contribution is 0.111. The summed E-state index contributed by atoms with van der Waals surface area (Å²) in [6, 6.07) is 13.4. The maximum Gasteiger partial charge on any atom is 0.191 e. The molecule has 122 valence electrons. The molecule has 1 unspecified atom stereocenters. The van der Waals surface area contributed by atoms with Crippen LogP contribution < -0.4 is 0 Å². The van der Waals surface area contributed by atoms with Gasteiger partial charge in [-0.15, -0.1) is 6.58 Å². The zero-order valence-corrected chi connectivity index (χ0v) is 14.1. The Hall–Kier alpha value is -2.37. The molecule has 0 aliphatic carbocycles. The van der Waals surface area contributed by atoms with E-state index in [1.165, 1.54) is 6.08 Å². The van der Waals surface area contributed by atoms with Crippen molar-refractivity contribution in [2.45, 2.75) is 10.1 Å². The number of rotatable bonds is 5. The Morgan fingerprint density at radius 1 is 1.08 bits per heavy atom. The van der Waals surface area contributed by atoms with Gasteiger partial charge in [-0.1, -0.05) is 48.0 Å². The molecule has 0 aliphatic rings. The van der Waals surface area contributed by atoms with Crippen molar-refractivity contribution in [3.8, 4) is 0 Å². The Morgan fingerprint density at radius 2 is 1.75 bits per heavy atom. The number of nitrogens with one attached hydrogen (secondary N) is 1. The van der Waals surface area contributed by atoms with Crippen molar-refractivity contribution >= 4 is 38.6 Å². The lowest BCUT2D eigenvalue weighted by Gasteiger charge is -2.14. The normalized spacial score (nSPS) is 12.9. The number of H-pyrrole nitrogens is 1. The number of carbonyl (C=O) groups is 1. The molecule has 6 heteroatoms. The van der Waals surface area contributed by atoms with Gasteiger partial charge < -0.3 is 4.98 Å². The van der Waals surface area contributed by atoms with Gasteiger partial charge in [0, 0.05) is 15.9 Å². The number of para-hydroxylation sites is 1. The van der Waals surface area contributed by atoms with Crippen molar-refractivity contribution in [2.24, 2.45) is 0 Å². The molecule has 3 rings (SSSR count). The van der Waals surface area contributed by atoms with Crippen LogP contribution in [0.3, 0.4) is 0 Å². The summed E-state index contributed by atoms with van der Waals surface area (Å²) in [6.07, 6.45) is 1.88. The van der Waals surface area contributed by atoms with E-state index < -0.39 is 15.1 Å². The van der Waals surface area contributed by atoms with Crippen molar-refractivity contribution in [3.05, 3.63) is 77.5 Å². The van der Waals surface area contributed by atoms with E-state index in [0.29, 0.717) is 27.8 Å². The molecule has 4 nitrogen and oxygen atoms in total. The zero-order valence-electron chi connectivity index (χ0n) is 12.6. The maximum absolute atomic E-state index is 13.2. The Morgan fingerprint density at radius 3 is 2.38 bits per heavy atom. The largest absolute Gasteiger partial charge is 0.351 e. The molecule has 0 saturated heterocycles. The van der Waals surface area contributed by atoms with Crippen LogP contribution in [-0.4, -0.2) is 19.7 Å². The molecule has 0 spiro atoms. The van der Waals surface area contributed by atoms with E-state index in [1.54, 1.807) is 48.5 Å². The molecule has 0 amide bonds. The highest BCUT2D eigenvalue weighted by atomic mass is 35.5. The lowest BCUT2D eigenvalue weighted by Crippen LogP contribution is -2.13. The highest BCUT2D eigenvalue weighted by Crippen LogP contribution is 2.36. The summed E-state index contributed by atoms with van der Waals surface area (Å²) in [5.74, 6) is 0. The minimum Gasteiger partial charge on any atom is -0.351 e. The number of aromatic nitrogens is 1. The first-order valence-electron chi connectivity index (χ1n) is 7.17. The summed E-state index contributed by atoms with van der Waals surface area (Å²) in [4.78, 5) is 14.2. The first-order chi connectivity index (χ1) is 11.5. The first kappa shape index (κ1) is 16.5. The van der Waals surface area contributed by atoms with Crippen LogP contribution in [0.1, 0.15) is 21.3 Å². The standard InChI is InChI=1S/C18H14ClNO3S/c1-2-17(12-7-9-13(19)10-8-12)24(22,23)18-14-5-3-4-6-15(14)20-16(18)11-21/h2-11,17,20H,1H2. The van der Waals surface area contributed by atoms with Crippen molar-refractivity contribution in [2.75, 3.05) is 0 Å². The van der Waals surface area contributed by atoms with Crippen molar-refractivity contribution in [3.63, 3.8) is 0 Å². The van der Waals surface area contributed by atoms with Crippen LogP contribution in [0.25, 0.3) is 10.9 Å². The van der Waals surface area contributed by atoms with Crippen LogP contribution >= 0.6 is 11.6 Å². The fourth-order valence-electron chi connectivity index (χ4n) is 2.75. The van der Waals surface area contributed by atoms with Crippen LogP contribution in [-0.2, 0) is 9.84 Å². The summed E-state index contributed by atoms with van der Waals surface area (Å²) in [5, 5.41) is 0.0210. The van der Waals surface area contributed by atoms with Crippen LogP contribution in [0.5, 0.6) is 0 Å². The quantitative estimate of drug-likeness (QED) is 0.544. The molecule has 0 fully saturated rings. The van der Waals surface area contributed by atoms with Gasteiger partial charge >= 0.3 is 0 Å². The molecule has 0 aliphatic heterocycles. The van der Waals surface area contributed by atoms with Crippen molar-refractivity contribution < 1.29 is 13.2 Å². The number of halogens is 1. The minimum absolute atomic E-state index is 0.00653. The van der Waals surface area contributed by atoms with Gasteiger partial charge in [0.05, 0.1) is 5.69 Å². The van der Waals surface area contributed by atoms with Gasteiger partial charge in [0.15, 0.2) is 16.1 Å². The Bertz CT molecular complexity index is 1020. The van der Waals surface area contributed by atoms with Crippen molar-refractivity contribution in [1.82, 2.24) is 4.98 Å². The third kappa shape index (κ3) is 2.66. The SMILES string of the molecule is C=CC(c1ccc(Cl)cc1)S(=O)(=O)c1c(C=O)[nH]c2ccccc12. The molecule has 24 heavy (non-hydrogen) atoms. The van der Waals surface area contributed by atoms with E-state index in [2.05, 4.69) is 11.6 Å². The summed E-state index contributed by atoms with van der Waals surface area (Å²) < 4.78 is 26.4. The zero-order chi connectivity index (χ0) is 17.3. The second kappa shape index (κ2) is 6.26. The average molecular weight is 360 g/mol. The predicted octanol–water partition coefficient (Wildman–Crippen LogP) is 4.33. The lowest BCUT2D eigenvalue weighted by atomic mass is 10.1. The molecule has 2 aromatic carbocycles. The summed E-state index contributed by atoms with van der Waals surface area (Å²) in [6.45, 7) is 3.66.